The van der Waals surface area contributed by atoms with Crippen LogP contribution in [0.15, 0.2) is 131 Å². The van der Waals surface area contributed by atoms with Gasteiger partial charge in [-0.05, 0) is 115 Å². The third-order valence-corrected chi connectivity index (χ3v) is 12.8. The van der Waals surface area contributed by atoms with Gasteiger partial charge in [-0.15, -0.1) is 11.8 Å². The molecule has 298 valence electrons. The van der Waals surface area contributed by atoms with E-state index in [0.717, 1.165) is 90.2 Å². The maximum Gasteiger partial charge on any atom is 0.312 e. The summed E-state index contributed by atoms with van der Waals surface area (Å²) in [5.74, 6) is 0.105. The molecule has 0 aliphatic carbocycles. The Labute approximate surface area is 345 Å². The van der Waals surface area contributed by atoms with E-state index in [4.69, 9.17) is 17.3 Å². The first-order chi connectivity index (χ1) is 27.5. The number of nitrogens with one attached hydrogen (secondary N) is 3. The van der Waals surface area contributed by atoms with Gasteiger partial charge in [0, 0.05) is 77.9 Å². The zero-order chi connectivity index (χ0) is 40.2. The highest BCUT2D eigenvalue weighted by Gasteiger charge is 2.22. The summed E-state index contributed by atoms with van der Waals surface area (Å²) in [6.07, 6.45) is 2.49. The van der Waals surface area contributed by atoms with E-state index in [-0.39, 0.29) is 16.5 Å². The molecule has 1 atom stereocenters. The number of unbranched alkanes of at least 4 members (excludes halogenated alkanes) is 1. The van der Waals surface area contributed by atoms with Crippen molar-refractivity contribution in [3.8, 4) is 11.1 Å². The van der Waals surface area contributed by atoms with E-state index in [9.17, 15) is 18.0 Å². The average Bonchev–Trinajstić information content (AvgIpc) is 3.21. The molecule has 5 aromatic carbocycles. The molecule has 0 saturated carbocycles. The molecular weight excluding hydrogens is 776 g/mol. The number of nitrogens with zero attached hydrogens (tertiary/aromatic N) is 2. The molecule has 6 rings (SSSR count). The zero-order valence-corrected chi connectivity index (χ0v) is 34.4. The van der Waals surface area contributed by atoms with Crippen LogP contribution in [0, 0.1) is 6.92 Å². The highest BCUT2D eigenvalue weighted by atomic mass is 35.5. The van der Waals surface area contributed by atoms with E-state index in [1.54, 1.807) is 36.0 Å². The van der Waals surface area contributed by atoms with E-state index in [2.05, 4.69) is 73.7 Å². The second-order valence-corrected chi connectivity index (χ2v) is 17.3. The van der Waals surface area contributed by atoms with E-state index in [0.29, 0.717) is 6.54 Å². The standard InChI is InChI=1S/C44H49ClN6O4S2/c1-32-29-40(22-23-42(32)48-37(10-7-8-24-47-44(46)53)31-56-39-11-3-2-4-12-39)57(54,55)49-43(52)34-16-20-38(21-17-34)51-27-25-50(26-28-51)30-35-9-5-6-13-41(35)33-14-18-36(45)19-15-33/h2-6,9,11-23,29,37,48H,7-8,10,24-28,30-31H2,1H3,(H,49,52)(H3,46,47,53)/t37-/m1/s1. The van der Waals surface area contributed by atoms with Gasteiger partial charge in [0.15, 0.2) is 0 Å². The number of hydrogen-bond acceptors (Lipinski definition) is 8. The number of halogens is 1. The summed E-state index contributed by atoms with van der Waals surface area (Å²) in [5.41, 5.74) is 11.6. The van der Waals surface area contributed by atoms with Gasteiger partial charge in [0.05, 0.1) is 4.90 Å². The van der Waals surface area contributed by atoms with Gasteiger partial charge in [0.1, 0.15) is 0 Å². The number of anilines is 2. The Kier molecular flexibility index (Phi) is 14.5. The fourth-order valence-corrected chi connectivity index (χ4v) is 9.04. The number of sulfonamides is 1. The molecule has 5 aromatic rings. The molecule has 0 spiro atoms. The number of aryl methyl sites for hydroxylation is 1. The third-order valence-electron chi connectivity index (χ3n) is 10.0. The highest BCUT2D eigenvalue weighted by Crippen LogP contribution is 2.28. The largest absolute Gasteiger partial charge is 0.381 e. The van der Waals surface area contributed by atoms with E-state index in [1.807, 2.05) is 49.4 Å². The van der Waals surface area contributed by atoms with Crippen LogP contribution in [0.5, 0.6) is 0 Å². The van der Waals surface area contributed by atoms with E-state index < -0.39 is 22.0 Å². The van der Waals surface area contributed by atoms with Crippen molar-refractivity contribution in [2.75, 3.05) is 48.7 Å². The summed E-state index contributed by atoms with van der Waals surface area (Å²) in [6.45, 7) is 6.62. The van der Waals surface area contributed by atoms with Gasteiger partial charge in [0.2, 0.25) is 0 Å². The first kappa shape index (κ1) is 41.6. The zero-order valence-electron chi connectivity index (χ0n) is 32.0. The minimum atomic E-state index is -4.13. The van der Waals surface area contributed by atoms with Crippen molar-refractivity contribution in [1.82, 2.24) is 14.9 Å². The molecular formula is C44H49ClN6O4S2. The van der Waals surface area contributed by atoms with Crippen molar-refractivity contribution in [3.05, 3.63) is 143 Å². The van der Waals surface area contributed by atoms with Crippen molar-refractivity contribution >= 4 is 56.7 Å². The number of thioether (sulfide) groups is 1. The van der Waals surface area contributed by atoms with E-state index >= 15 is 0 Å². The number of primary amides is 1. The van der Waals surface area contributed by atoms with Crippen LogP contribution in [0.25, 0.3) is 11.1 Å². The van der Waals surface area contributed by atoms with Crippen molar-refractivity contribution < 1.29 is 18.0 Å². The van der Waals surface area contributed by atoms with Crippen molar-refractivity contribution in [2.45, 2.75) is 48.6 Å². The van der Waals surface area contributed by atoms with Crippen molar-refractivity contribution in [2.24, 2.45) is 5.73 Å². The topological polar surface area (TPSA) is 137 Å². The van der Waals surface area contributed by atoms with Crippen molar-refractivity contribution in [3.63, 3.8) is 0 Å². The van der Waals surface area contributed by atoms with Crippen LogP contribution in [0.1, 0.15) is 40.7 Å². The molecule has 0 aromatic heterocycles. The second kappa shape index (κ2) is 19.9. The van der Waals surface area contributed by atoms with Crippen LogP contribution >= 0.6 is 23.4 Å². The molecule has 3 amide bonds. The minimum absolute atomic E-state index is 0.0110. The number of benzene rings is 5. The second-order valence-electron chi connectivity index (χ2n) is 14.1. The Bertz CT molecular complexity index is 2220. The van der Waals surface area contributed by atoms with Gasteiger partial charge in [-0.1, -0.05) is 66.2 Å². The number of carbonyl (C=O) groups is 2. The van der Waals surface area contributed by atoms with Crippen LogP contribution in [0.2, 0.25) is 5.02 Å². The number of rotatable bonds is 17. The molecule has 57 heavy (non-hydrogen) atoms. The molecule has 0 unspecified atom stereocenters. The summed E-state index contributed by atoms with van der Waals surface area (Å²) in [6, 6.07) is 38.0. The molecule has 1 heterocycles. The summed E-state index contributed by atoms with van der Waals surface area (Å²) >= 11 is 7.86. The lowest BCUT2D eigenvalue weighted by Gasteiger charge is -2.36. The van der Waals surface area contributed by atoms with Crippen LogP contribution in [-0.4, -0.2) is 69.8 Å². The van der Waals surface area contributed by atoms with Gasteiger partial charge in [0.25, 0.3) is 15.9 Å². The summed E-state index contributed by atoms with van der Waals surface area (Å²) in [5, 5.41) is 6.94. The predicted octanol–water partition coefficient (Wildman–Crippen LogP) is 8.17. The first-order valence-electron chi connectivity index (χ1n) is 19.1. The van der Waals surface area contributed by atoms with Gasteiger partial charge in [-0.3, -0.25) is 9.69 Å². The lowest BCUT2D eigenvalue weighted by molar-refractivity contribution is 0.0981. The third kappa shape index (κ3) is 12.0. The summed E-state index contributed by atoms with van der Waals surface area (Å²) in [7, 11) is -4.13. The van der Waals surface area contributed by atoms with Gasteiger partial charge < -0.3 is 21.3 Å². The summed E-state index contributed by atoms with van der Waals surface area (Å²) < 4.78 is 29.0. The molecule has 0 bridgehead atoms. The smallest absolute Gasteiger partial charge is 0.312 e. The predicted molar refractivity (Wildman–Crippen MR) is 233 cm³/mol. The molecule has 0 radical (unpaired) electrons. The Morgan fingerprint density at radius 3 is 2.25 bits per heavy atom. The number of nitrogens with two attached hydrogens (primary N) is 1. The van der Waals surface area contributed by atoms with Crippen LogP contribution in [0.3, 0.4) is 0 Å². The molecule has 13 heteroatoms. The molecule has 1 aliphatic heterocycles. The first-order valence-corrected chi connectivity index (χ1v) is 22.0. The van der Waals surface area contributed by atoms with Crippen LogP contribution < -0.4 is 26.0 Å². The molecule has 1 aliphatic rings. The van der Waals surface area contributed by atoms with E-state index in [1.165, 1.54) is 17.2 Å². The molecule has 5 N–H and O–H groups in total. The van der Waals surface area contributed by atoms with Crippen LogP contribution in [-0.2, 0) is 16.6 Å². The van der Waals surface area contributed by atoms with Gasteiger partial charge in [-0.25, -0.2) is 17.9 Å². The molecule has 10 nitrogen and oxygen atoms in total. The number of piperazine rings is 1. The monoisotopic (exact) mass is 824 g/mol. The molecule has 1 fully saturated rings. The fraction of sp³-hybridized carbons (Fsp3) is 0.273. The van der Waals surface area contributed by atoms with Crippen LogP contribution in [0.4, 0.5) is 16.2 Å². The minimum Gasteiger partial charge on any atom is -0.381 e. The Morgan fingerprint density at radius 2 is 1.54 bits per heavy atom. The summed E-state index contributed by atoms with van der Waals surface area (Å²) in [4.78, 5) is 30.1. The number of carbonyl (C=O) groups excluding carboxylic acids is 2. The van der Waals surface area contributed by atoms with Gasteiger partial charge in [-0.2, -0.15) is 0 Å². The maximum absolute atomic E-state index is 13.4. The lowest BCUT2D eigenvalue weighted by atomic mass is 9.99. The highest BCUT2D eigenvalue weighted by molar-refractivity contribution is 7.99. The Hall–Kier alpha value is -5.01. The number of amides is 3. The lowest BCUT2D eigenvalue weighted by Crippen LogP contribution is -2.46. The maximum atomic E-state index is 13.4. The Balaban J connectivity index is 1.02. The average molecular weight is 826 g/mol. The van der Waals surface area contributed by atoms with Gasteiger partial charge >= 0.3 is 6.03 Å². The Morgan fingerprint density at radius 1 is 0.842 bits per heavy atom. The fourth-order valence-electron chi connectivity index (χ4n) is 6.86. The van der Waals surface area contributed by atoms with Crippen molar-refractivity contribution in [1.29, 1.82) is 0 Å². The number of urea groups is 1. The molecule has 1 saturated heterocycles. The normalized spacial score (nSPS) is 13.8. The quantitative estimate of drug-likeness (QED) is 0.0545. The SMILES string of the molecule is Cc1cc(S(=O)(=O)NC(=O)c2ccc(N3CCN(Cc4ccccc4-c4ccc(Cl)cc4)CC3)cc2)ccc1N[C@H](CCCCNC(N)=O)CSc1ccccc1. The number of hydrogen-bond donors (Lipinski definition) is 4.